The lowest BCUT2D eigenvalue weighted by Crippen LogP contribution is -2.02. The van der Waals surface area contributed by atoms with Crippen LogP contribution in [0.3, 0.4) is 0 Å². The molecule has 3 rings (SSSR count). The quantitative estimate of drug-likeness (QED) is 0.578. The van der Waals surface area contributed by atoms with Crippen LogP contribution in [0.5, 0.6) is 0 Å². The molecule has 0 bridgehead atoms. The molecule has 0 aliphatic heterocycles. The Bertz CT molecular complexity index is 686. The summed E-state index contributed by atoms with van der Waals surface area (Å²) in [4.78, 5) is 15.5. The van der Waals surface area contributed by atoms with E-state index < -0.39 is 5.63 Å². The van der Waals surface area contributed by atoms with Crippen LogP contribution in [-0.4, -0.2) is 10.1 Å². The first-order valence-electron chi connectivity index (χ1n) is 4.64. The predicted octanol–water partition coefficient (Wildman–Crippen LogP) is 1.84. The summed E-state index contributed by atoms with van der Waals surface area (Å²) in [6.45, 7) is 0. The number of hydrogen-bond donors (Lipinski definition) is 0. The second kappa shape index (κ2) is 3.30. The molecule has 5 nitrogen and oxygen atoms in total. The van der Waals surface area contributed by atoms with E-state index in [0.717, 1.165) is 5.39 Å². The number of fused-ring (bicyclic) bond motifs is 1. The summed E-state index contributed by atoms with van der Waals surface area (Å²) in [5.41, 5.74) is 0.329. The fraction of sp³-hybridized carbons (Fsp3) is 0. The zero-order valence-corrected chi connectivity index (χ0v) is 8.08. The standard InChI is InChI=1S/C11H6N2O3/c14-11-8(10-12-6-13-16-10)5-7-3-1-2-4-9(7)15-11/h1-6H. The summed E-state index contributed by atoms with van der Waals surface area (Å²) in [5.74, 6) is 0.166. The maximum Gasteiger partial charge on any atom is 0.349 e. The van der Waals surface area contributed by atoms with Crippen molar-refractivity contribution in [3.63, 3.8) is 0 Å². The summed E-state index contributed by atoms with van der Waals surface area (Å²) in [6.07, 6.45) is 1.24. The van der Waals surface area contributed by atoms with E-state index in [0.29, 0.717) is 5.58 Å². The first kappa shape index (κ1) is 8.84. The lowest BCUT2D eigenvalue weighted by Gasteiger charge is -1.97. The number of hydrogen-bond acceptors (Lipinski definition) is 5. The molecule has 0 N–H and O–H groups in total. The molecule has 5 heteroatoms. The maximum atomic E-state index is 11.6. The van der Waals surface area contributed by atoms with Crippen molar-refractivity contribution in [2.24, 2.45) is 0 Å². The fourth-order valence-electron chi connectivity index (χ4n) is 1.50. The first-order chi connectivity index (χ1) is 7.84. The molecule has 0 fully saturated rings. The van der Waals surface area contributed by atoms with Gasteiger partial charge in [0, 0.05) is 5.39 Å². The molecule has 1 aromatic carbocycles. The van der Waals surface area contributed by atoms with Gasteiger partial charge in [-0.15, -0.1) is 0 Å². The van der Waals surface area contributed by atoms with Gasteiger partial charge in [-0.3, -0.25) is 0 Å². The van der Waals surface area contributed by atoms with Gasteiger partial charge in [-0.1, -0.05) is 23.4 Å². The summed E-state index contributed by atoms with van der Waals surface area (Å²) in [7, 11) is 0. The third-order valence-corrected chi connectivity index (χ3v) is 2.23. The Morgan fingerprint density at radius 1 is 1.19 bits per heavy atom. The molecule has 0 radical (unpaired) electrons. The van der Waals surface area contributed by atoms with Gasteiger partial charge in [-0.25, -0.2) is 4.79 Å². The third kappa shape index (κ3) is 1.30. The number of benzene rings is 1. The molecule has 3 aromatic rings. The number of para-hydroxylation sites is 1. The van der Waals surface area contributed by atoms with Gasteiger partial charge in [-0.2, -0.15) is 4.98 Å². The molecule has 0 aliphatic carbocycles. The normalized spacial score (nSPS) is 10.8. The van der Waals surface area contributed by atoms with Crippen LogP contribution in [0.2, 0.25) is 0 Å². The summed E-state index contributed by atoms with van der Waals surface area (Å²) in [5, 5.41) is 4.27. The SMILES string of the molecule is O=c1oc2ccccc2cc1-c1ncno1. The molecule has 0 amide bonds. The van der Waals surface area contributed by atoms with Crippen molar-refractivity contribution in [2.75, 3.05) is 0 Å². The van der Waals surface area contributed by atoms with Crippen LogP contribution in [0.25, 0.3) is 22.4 Å². The van der Waals surface area contributed by atoms with Crippen LogP contribution in [0.15, 0.2) is 50.4 Å². The minimum Gasteiger partial charge on any atom is -0.422 e. The van der Waals surface area contributed by atoms with Crippen LogP contribution in [0, 0.1) is 0 Å². The van der Waals surface area contributed by atoms with E-state index >= 15 is 0 Å². The molecule has 0 spiro atoms. The molecule has 0 saturated carbocycles. The second-order valence-corrected chi connectivity index (χ2v) is 3.23. The van der Waals surface area contributed by atoms with E-state index in [-0.39, 0.29) is 11.5 Å². The average Bonchev–Trinajstić information content (AvgIpc) is 2.81. The highest BCUT2D eigenvalue weighted by Gasteiger charge is 2.11. The Balaban J connectivity index is 2.34. The van der Waals surface area contributed by atoms with Crippen molar-refractivity contribution >= 4 is 11.0 Å². The van der Waals surface area contributed by atoms with E-state index in [4.69, 9.17) is 8.94 Å². The number of rotatable bonds is 1. The molecule has 0 unspecified atom stereocenters. The van der Waals surface area contributed by atoms with E-state index in [2.05, 4.69) is 10.1 Å². The lowest BCUT2D eigenvalue weighted by atomic mass is 10.2. The number of nitrogens with zero attached hydrogens (tertiary/aromatic N) is 2. The van der Waals surface area contributed by atoms with E-state index in [9.17, 15) is 4.79 Å². The Kier molecular flexibility index (Phi) is 1.83. The van der Waals surface area contributed by atoms with Gasteiger partial charge in [0.1, 0.15) is 11.1 Å². The van der Waals surface area contributed by atoms with Gasteiger partial charge in [-0.05, 0) is 12.1 Å². The van der Waals surface area contributed by atoms with Crippen LogP contribution in [0.1, 0.15) is 0 Å². The zero-order chi connectivity index (χ0) is 11.0. The lowest BCUT2D eigenvalue weighted by molar-refractivity contribution is 0.427. The van der Waals surface area contributed by atoms with Gasteiger partial charge in [0.15, 0.2) is 6.33 Å². The van der Waals surface area contributed by atoms with Crippen LogP contribution >= 0.6 is 0 Å². The van der Waals surface area contributed by atoms with Crippen LogP contribution < -0.4 is 5.63 Å². The topological polar surface area (TPSA) is 69.1 Å². The van der Waals surface area contributed by atoms with Gasteiger partial charge >= 0.3 is 5.63 Å². The van der Waals surface area contributed by atoms with Crippen molar-refractivity contribution in [1.29, 1.82) is 0 Å². The minimum absolute atomic E-state index is 0.166. The Labute approximate surface area is 89.3 Å². The summed E-state index contributed by atoms with van der Waals surface area (Å²) >= 11 is 0. The second-order valence-electron chi connectivity index (χ2n) is 3.23. The van der Waals surface area contributed by atoms with Gasteiger partial charge in [0.25, 0.3) is 5.89 Å². The van der Waals surface area contributed by atoms with E-state index in [1.54, 1.807) is 18.2 Å². The summed E-state index contributed by atoms with van der Waals surface area (Å²) in [6, 6.07) is 8.92. The van der Waals surface area contributed by atoms with Gasteiger partial charge in [0.2, 0.25) is 0 Å². The molecule has 78 valence electrons. The van der Waals surface area contributed by atoms with Gasteiger partial charge in [0.05, 0.1) is 0 Å². The highest BCUT2D eigenvalue weighted by molar-refractivity contribution is 5.79. The average molecular weight is 214 g/mol. The Morgan fingerprint density at radius 2 is 2.06 bits per heavy atom. The Morgan fingerprint density at radius 3 is 2.88 bits per heavy atom. The van der Waals surface area contributed by atoms with E-state index in [1.165, 1.54) is 6.33 Å². The molecular weight excluding hydrogens is 208 g/mol. The van der Waals surface area contributed by atoms with E-state index in [1.807, 2.05) is 12.1 Å². The molecule has 2 heterocycles. The van der Waals surface area contributed by atoms with Crippen molar-refractivity contribution in [3.8, 4) is 11.5 Å². The highest BCUT2D eigenvalue weighted by Crippen LogP contribution is 2.18. The molecule has 0 saturated heterocycles. The van der Waals surface area contributed by atoms with Crippen LogP contribution in [-0.2, 0) is 0 Å². The monoisotopic (exact) mass is 214 g/mol. The van der Waals surface area contributed by atoms with Crippen molar-refractivity contribution < 1.29 is 8.94 Å². The van der Waals surface area contributed by atoms with Crippen molar-refractivity contribution in [1.82, 2.24) is 10.1 Å². The third-order valence-electron chi connectivity index (χ3n) is 2.23. The molecule has 16 heavy (non-hydrogen) atoms. The summed E-state index contributed by atoms with van der Waals surface area (Å²) < 4.78 is 9.96. The minimum atomic E-state index is -0.483. The van der Waals surface area contributed by atoms with Crippen LogP contribution in [0.4, 0.5) is 0 Å². The maximum absolute atomic E-state index is 11.6. The molecule has 0 atom stereocenters. The predicted molar refractivity (Wildman–Crippen MR) is 55.8 cm³/mol. The van der Waals surface area contributed by atoms with Gasteiger partial charge < -0.3 is 8.94 Å². The largest absolute Gasteiger partial charge is 0.422 e. The van der Waals surface area contributed by atoms with Crippen molar-refractivity contribution in [3.05, 3.63) is 47.1 Å². The zero-order valence-electron chi connectivity index (χ0n) is 8.08. The fourth-order valence-corrected chi connectivity index (χ4v) is 1.50. The van der Waals surface area contributed by atoms with Crippen molar-refractivity contribution in [2.45, 2.75) is 0 Å². The first-order valence-corrected chi connectivity index (χ1v) is 4.64. The number of aromatic nitrogens is 2. The smallest absolute Gasteiger partial charge is 0.349 e. The molecular formula is C11H6N2O3. The highest BCUT2D eigenvalue weighted by atomic mass is 16.5. The molecule has 0 aliphatic rings. The Hall–Kier alpha value is -2.43. The molecule has 2 aromatic heterocycles.